The molecule has 0 saturated heterocycles. The normalized spacial score (nSPS) is 11.2. The number of fused-ring (bicyclic) bond motifs is 1. The summed E-state index contributed by atoms with van der Waals surface area (Å²) < 4.78 is 54.2. The molecule has 0 fully saturated rings. The number of thiazole rings is 1. The number of nitrogens with zero attached hydrogens (tertiary/aromatic N) is 3. The lowest BCUT2D eigenvalue weighted by Crippen LogP contribution is -2.17. The van der Waals surface area contributed by atoms with E-state index in [0.29, 0.717) is 47.1 Å². The molecule has 1 N–H and O–H groups in total. The Hall–Kier alpha value is -3.91. The first-order chi connectivity index (χ1) is 22.2. The Kier molecular flexibility index (Phi) is 11.3. The number of halogens is 2. The Morgan fingerprint density at radius 1 is 1.09 bits per heavy atom. The predicted octanol–water partition coefficient (Wildman–Crippen LogP) is 7.64. The third kappa shape index (κ3) is 8.46. The fourth-order valence-corrected chi connectivity index (χ4v) is 6.53. The van der Waals surface area contributed by atoms with Gasteiger partial charge in [0, 0.05) is 41.1 Å². The highest BCUT2D eigenvalue weighted by Gasteiger charge is 2.16. The van der Waals surface area contributed by atoms with Gasteiger partial charge in [0.1, 0.15) is 36.1 Å². The van der Waals surface area contributed by atoms with Gasteiger partial charge >= 0.3 is 0 Å². The van der Waals surface area contributed by atoms with Crippen LogP contribution in [0.2, 0.25) is 0 Å². The van der Waals surface area contributed by atoms with Gasteiger partial charge < -0.3 is 19.5 Å². The number of hydrogen-bond donors (Lipinski definition) is 1. The fraction of sp³-hybridized carbons (Fsp3) is 0.273. The fourth-order valence-electron chi connectivity index (χ4n) is 4.63. The van der Waals surface area contributed by atoms with E-state index >= 15 is 0 Å². The smallest absolute Gasteiger partial charge is 0.215 e. The third-order valence-corrected chi connectivity index (χ3v) is 9.59. The molecule has 0 spiro atoms. The zero-order chi connectivity index (χ0) is 32.6. The summed E-state index contributed by atoms with van der Waals surface area (Å²) in [5.74, 6) is 1.49. The molecule has 5 rings (SSSR count). The quantitative estimate of drug-likeness (QED) is 0.0911. The lowest BCUT2D eigenvalue weighted by atomic mass is 10.1. The first kappa shape index (κ1) is 33.5. The molecule has 13 heteroatoms. The molecule has 2 heterocycles. The lowest BCUT2D eigenvalue weighted by molar-refractivity contribution is 0.168. The molecule has 5 aromatic rings. The Bertz CT molecular complexity index is 1980. The number of aromatic nitrogens is 3. The van der Waals surface area contributed by atoms with Crippen molar-refractivity contribution < 1.29 is 27.0 Å². The second-order valence-electron chi connectivity index (χ2n) is 10.6. The van der Waals surface area contributed by atoms with E-state index in [-0.39, 0.29) is 24.9 Å². The van der Waals surface area contributed by atoms with Gasteiger partial charge in [0.25, 0.3) is 0 Å². The highest BCUT2D eigenvalue weighted by atomic mass is 79.9. The maximum Gasteiger partial charge on any atom is 0.215 e. The molecule has 0 saturated carbocycles. The number of aryl methyl sites for hydroxylation is 1. The summed E-state index contributed by atoms with van der Waals surface area (Å²) >= 11 is 5.12. The van der Waals surface area contributed by atoms with Crippen LogP contribution >= 0.6 is 27.3 Å². The average molecular weight is 728 g/mol. The molecule has 2 aromatic heterocycles. The van der Waals surface area contributed by atoms with E-state index in [9.17, 15) is 12.8 Å². The van der Waals surface area contributed by atoms with E-state index in [2.05, 4.69) is 31.2 Å². The van der Waals surface area contributed by atoms with Crippen LogP contribution in [-0.4, -0.2) is 48.6 Å². The maximum absolute atomic E-state index is 13.5. The van der Waals surface area contributed by atoms with Crippen molar-refractivity contribution in [2.75, 3.05) is 25.6 Å². The van der Waals surface area contributed by atoms with Crippen molar-refractivity contribution in [3.05, 3.63) is 87.2 Å². The number of rotatable bonds is 14. The van der Waals surface area contributed by atoms with Crippen molar-refractivity contribution in [2.24, 2.45) is 5.92 Å². The first-order valence-corrected chi connectivity index (χ1v) is 17.2. The van der Waals surface area contributed by atoms with E-state index in [1.54, 1.807) is 24.5 Å². The van der Waals surface area contributed by atoms with Gasteiger partial charge in [-0.25, -0.2) is 19.3 Å². The van der Waals surface area contributed by atoms with Crippen molar-refractivity contribution in [1.82, 2.24) is 15.0 Å². The molecular formula is C33H32BrFN4O5S2. The van der Waals surface area contributed by atoms with Gasteiger partial charge in [-0.2, -0.15) is 8.42 Å². The minimum absolute atomic E-state index is 0.0841. The van der Waals surface area contributed by atoms with Gasteiger partial charge in [-0.3, -0.25) is 0 Å². The Balaban J connectivity index is 1.29. The van der Waals surface area contributed by atoms with E-state index in [4.69, 9.17) is 19.2 Å². The molecule has 0 aliphatic rings. The van der Waals surface area contributed by atoms with Crippen LogP contribution < -0.4 is 14.8 Å². The molecule has 0 unspecified atom stereocenters. The van der Waals surface area contributed by atoms with Crippen LogP contribution in [0.15, 0.2) is 70.8 Å². The number of ether oxygens (including phenoxy) is 3. The summed E-state index contributed by atoms with van der Waals surface area (Å²) in [6.07, 6.45) is 2.91. The summed E-state index contributed by atoms with van der Waals surface area (Å²) in [7, 11) is -0.627. The Labute approximate surface area is 280 Å². The summed E-state index contributed by atoms with van der Waals surface area (Å²) in [6.45, 7) is 4.45. The van der Waals surface area contributed by atoms with Crippen LogP contribution in [0.4, 0.5) is 15.9 Å². The van der Waals surface area contributed by atoms with E-state index in [1.807, 2.05) is 55.6 Å². The highest BCUT2D eigenvalue weighted by molar-refractivity contribution is 9.10. The third-order valence-electron chi connectivity index (χ3n) is 7.04. The standard InChI is InChI=1S/C33H32BrFN4O5S2/c1-20(2)31(46(40)41)17-43-11-5-8-32-39-28(18-45-32)24-14-25-27(15-30(24)42-3)36-19-37-33(25)38-23-9-10-29(26(34)13-23)44-16-21-6-4-7-22(35)12-21/h4,6-7,9-10,12-15,18-20H,5,8,11,16-17H2,1-3H3,(H,36,37,38). The Morgan fingerprint density at radius 3 is 2.67 bits per heavy atom. The molecule has 0 aliphatic heterocycles. The second kappa shape index (κ2) is 15.6. The van der Waals surface area contributed by atoms with Gasteiger partial charge in [0.15, 0.2) is 0 Å². The molecular weight excluding hydrogens is 695 g/mol. The maximum atomic E-state index is 13.5. The van der Waals surface area contributed by atoms with Crippen molar-refractivity contribution in [1.29, 1.82) is 0 Å². The van der Waals surface area contributed by atoms with Crippen LogP contribution in [0.5, 0.6) is 11.5 Å². The van der Waals surface area contributed by atoms with Gasteiger partial charge in [0.2, 0.25) is 10.3 Å². The van der Waals surface area contributed by atoms with Crippen LogP contribution in [0.25, 0.3) is 22.2 Å². The van der Waals surface area contributed by atoms with Crippen molar-refractivity contribution in [3.8, 4) is 22.8 Å². The highest BCUT2D eigenvalue weighted by Crippen LogP contribution is 2.37. The number of methoxy groups -OCH3 is 1. The zero-order valence-corrected chi connectivity index (χ0v) is 28.6. The minimum Gasteiger partial charge on any atom is -0.496 e. The minimum atomic E-state index is -2.24. The van der Waals surface area contributed by atoms with E-state index < -0.39 is 10.3 Å². The van der Waals surface area contributed by atoms with Crippen LogP contribution in [0, 0.1) is 11.7 Å². The largest absolute Gasteiger partial charge is 0.496 e. The summed E-state index contributed by atoms with van der Waals surface area (Å²) in [4.78, 5) is 14.2. The average Bonchev–Trinajstić information content (AvgIpc) is 3.50. The molecule has 240 valence electrons. The molecule has 46 heavy (non-hydrogen) atoms. The van der Waals surface area contributed by atoms with E-state index in [0.717, 1.165) is 37.4 Å². The van der Waals surface area contributed by atoms with Crippen LogP contribution in [-0.2, 0) is 28.1 Å². The SMILES string of the molecule is COc1cc2ncnc(Nc3ccc(OCc4cccc(F)c4)c(Br)c3)c2cc1-c1csc(CCCOCC(C(C)C)=S(=O)=O)n1. The molecule has 0 atom stereocenters. The molecule has 3 aromatic carbocycles. The van der Waals surface area contributed by atoms with Gasteiger partial charge in [-0.05, 0) is 70.2 Å². The van der Waals surface area contributed by atoms with Crippen LogP contribution in [0.1, 0.15) is 30.8 Å². The predicted molar refractivity (Wildman–Crippen MR) is 183 cm³/mol. The van der Waals surface area contributed by atoms with Gasteiger partial charge in [-0.1, -0.05) is 26.0 Å². The van der Waals surface area contributed by atoms with Crippen molar-refractivity contribution in [2.45, 2.75) is 33.3 Å². The van der Waals surface area contributed by atoms with Gasteiger partial charge in [-0.15, -0.1) is 11.3 Å². The van der Waals surface area contributed by atoms with Crippen LogP contribution in [0.3, 0.4) is 0 Å². The van der Waals surface area contributed by atoms with Crippen molar-refractivity contribution >= 4 is 64.8 Å². The number of benzene rings is 3. The zero-order valence-electron chi connectivity index (χ0n) is 25.4. The second-order valence-corrected chi connectivity index (χ2v) is 13.4. The number of nitrogens with one attached hydrogen (secondary N) is 1. The molecule has 9 nitrogen and oxygen atoms in total. The monoisotopic (exact) mass is 726 g/mol. The molecule has 0 aliphatic carbocycles. The van der Waals surface area contributed by atoms with E-state index in [1.165, 1.54) is 18.5 Å². The molecule has 0 amide bonds. The summed E-state index contributed by atoms with van der Waals surface area (Å²) in [6, 6.07) is 15.7. The first-order valence-electron chi connectivity index (χ1n) is 14.5. The van der Waals surface area contributed by atoms with Gasteiger partial charge in [0.05, 0.1) is 39.3 Å². The molecule has 0 bridgehead atoms. The summed E-state index contributed by atoms with van der Waals surface area (Å²) in [5.41, 5.74) is 3.80. The van der Waals surface area contributed by atoms with Crippen molar-refractivity contribution in [3.63, 3.8) is 0 Å². The lowest BCUT2D eigenvalue weighted by Gasteiger charge is -2.13. The number of anilines is 2. The topological polar surface area (TPSA) is 113 Å². The Morgan fingerprint density at radius 2 is 1.93 bits per heavy atom. The molecule has 0 radical (unpaired) electrons. The summed E-state index contributed by atoms with van der Waals surface area (Å²) in [5, 5.41) is 7.09. The number of hydrogen-bond acceptors (Lipinski definition) is 10.